The smallest absolute Gasteiger partial charge is 0.459 e. The van der Waals surface area contributed by atoms with Crippen LogP contribution in [-0.4, -0.2) is 81.7 Å². The summed E-state index contributed by atoms with van der Waals surface area (Å²) in [5.74, 6) is -0.0317. The molecule has 1 fully saturated rings. The van der Waals surface area contributed by atoms with E-state index in [9.17, 15) is 19.6 Å². The number of nitrogens with zero attached hydrogens (tertiary/aromatic N) is 5. The number of rotatable bonds is 10. The molecule has 4 heterocycles. The van der Waals surface area contributed by atoms with Gasteiger partial charge in [0, 0.05) is 18.8 Å². The number of hydrogen-bond acceptors (Lipinski definition) is 13. The number of carbonyl (C=O) groups excluding carboxylic acids is 1. The quantitative estimate of drug-likeness (QED) is 0.194. The Bertz CT molecular complexity index is 1500. The molecule has 220 valence electrons. The van der Waals surface area contributed by atoms with Crippen LogP contribution in [0.25, 0.3) is 11.0 Å². The van der Waals surface area contributed by atoms with Gasteiger partial charge in [0.2, 0.25) is 0 Å². The summed E-state index contributed by atoms with van der Waals surface area (Å²) in [4.78, 5) is 21.0. The number of aliphatic hydroxyl groups is 2. The number of para-hydroxylation sites is 1. The molecule has 16 heteroatoms. The second kappa shape index (κ2) is 11.4. The van der Waals surface area contributed by atoms with Crippen molar-refractivity contribution in [2.24, 2.45) is 16.8 Å². The van der Waals surface area contributed by atoms with Crippen LogP contribution in [0, 0.1) is 5.92 Å². The molecule has 1 aromatic carbocycles. The van der Waals surface area contributed by atoms with Gasteiger partial charge in [0.25, 0.3) is 0 Å². The van der Waals surface area contributed by atoms with Crippen LogP contribution in [0.3, 0.4) is 0 Å². The first-order chi connectivity index (χ1) is 19.5. The molecule has 0 spiro atoms. The third-order valence-corrected chi connectivity index (χ3v) is 8.37. The van der Waals surface area contributed by atoms with Gasteiger partial charge in [-0.05, 0) is 18.1 Å². The maximum Gasteiger partial charge on any atom is 0.459 e. The molecule has 5 N–H and O–H groups in total. The van der Waals surface area contributed by atoms with Crippen LogP contribution < -0.4 is 20.4 Å². The number of ether oxygens (including phenoxy) is 2. The molecule has 1 saturated heterocycles. The molecule has 5 rings (SSSR count). The number of hydrazone groups is 1. The predicted octanol–water partition coefficient (Wildman–Crippen LogP) is 1.11. The Morgan fingerprint density at radius 2 is 1.95 bits per heavy atom. The number of nitrogens with two attached hydrogens (primary N) is 1. The van der Waals surface area contributed by atoms with E-state index in [0.29, 0.717) is 22.4 Å². The molecular formula is C25H32N7O8P. The molecule has 0 aliphatic carbocycles. The van der Waals surface area contributed by atoms with Gasteiger partial charge < -0.3 is 34.5 Å². The van der Waals surface area contributed by atoms with Gasteiger partial charge in [0.15, 0.2) is 17.9 Å². The van der Waals surface area contributed by atoms with Gasteiger partial charge in [0.05, 0.1) is 19.1 Å². The Labute approximate surface area is 235 Å². The first-order valence-corrected chi connectivity index (χ1v) is 14.4. The van der Waals surface area contributed by atoms with E-state index in [1.165, 1.54) is 23.0 Å². The minimum absolute atomic E-state index is 0.220. The Morgan fingerprint density at radius 1 is 1.22 bits per heavy atom. The monoisotopic (exact) mass is 589 g/mol. The fourth-order valence-corrected chi connectivity index (χ4v) is 6.38. The summed E-state index contributed by atoms with van der Waals surface area (Å²) < 4.78 is 37.7. The van der Waals surface area contributed by atoms with Crippen molar-refractivity contribution in [2.45, 2.75) is 44.4 Å². The van der Waals surface area contributed by atoms with Gasteiger partial charge in [-0.1, -0.05) is 32.0 Å². The van der Waals surface area contributed by atoms with Crippen LogP contribution in [-0.2, 0) is 23.4 Å². The molecule has 6 atom stereocenters. The molecule has 3 unspecified atom stereocenters. The fraction of sp³-hybridized carbons (Fsp3) is 0.440. The number of esters is 1. The summed E-state index contributed by atoms with van der Waals surface area (Å²) >= 11 is 0. The van der Waals surface area contributed by atoms with Gasteiger partial charge in [-0.2, -0.15) is 10.2 Å². The Hall–Kier alpha value is -3.59. The molecule has 2 aliphatic heterocycles. The van der Waals surface area contributed by atoms with Crippen molar-refractivity contribution >= 4 is 36.4 Å². The Balaban J connectivity index is 1.39. The summed E-state index contributed by atoms with van der Waals surface area (Å²) in [5.41, 5.74) is 7.08. The van der Waals surface area contributed by atoms with E-state index >= 15 is 0 Å². The van der Waals surface area contributed by atoms with Crippen molar-refractivity contribution in [1.82, 2.24) is 19.6 Å². The number of carbonyl (C=O) groups is 1. The lowest BCUT2D eigenvalue weighted by molar-refractivity contribution is -0.143. The number of aliphatic hydroxyl groups excluding tert-OH is 2. The van der Waals surface area contributed by atoms with Crippen molar-refractivity contribution < 1.29 is 38.1 Å². The van der Waals surface area contributed by atoms with Gasteiger partial charge in [-0.3, -0.25) is 9.32 Å². The third-order valence-electron chi connectivity index (χ3n) is 6.84. The zero-order chi connectivity index (χ0) is 29.5. The number of methoxy groups -OCH3 is 1. The third kappa shape index (κ3) is 5.52. The Morgan fingerprint density at radius 3 is 2.63 bits per heavy atom. The standard InChI is InChI=1S/C25H32N7O8P/c1-13(2)18(25(35)37-4)30-41(36,40-14-8-6-5-7-9-14)38-11-16-19(33)20(34)24(39-16)32-10-15-17-22(27-12-28-23(17)32)31(3)29-21(15)26/h5-10,12-13,16,18-20,24,33-34H,11H2,1-4H3,(H2,26,29)(H,30,36)/t16-,18?,19+,20?,24-,41?/m1/s1. The SMILES string of the molecule is COC(=O)C(NP(=O)(OC[C@H]1O[C@@H](n2cc3c4c(ncnc42)N(C)N=C3N)C(O)[C@H]1O)Oc1ccccc1)C(C)C. The highest BCUT2D eigenvalue weighted by Gasteiger charge is 2.46. The molecule has 0 amide bonds. The molecule has 0 bridgehead atoms. The molecule has 3 aromatic rings. The largest absolute Gasteiger partial charge is 0.468 e. The van der Waals surface area contributed by atoms with Crippen LogP contribution in [0.1, 0.15) is 25.6 Å². The van der Waals surface area contributed by atoms with E-state index in [1.807, 2.05) is 0 Å². The number of benzene rings is 1. The van der Waals surface area contributed by atoms with Crippen molar-refractivity contribution in [3.8, 4) is 5.75 Å². The number of anilines is 1. The molecular weight excluding hydrogens is 557 g/mol. The van der Waals surface area contributed by atoms with Gasteiger partial charge >= 0.3 is 13.7 Å². The van der Waals surface area contributed by atoms with Crippen molar-refractivity contribution in [1.29, 1.82) is 0 Å². The average Bonchev–Trinajstić information content (AvgIpc) is 3.47. The van der Waals surface area contributed by atoms with E-state index in [-0.39, 0.29) is 17.5 Å². The summed E-state index contributed by atoms with van der Waals surface area (Å²) in [6.45, 7) is 3.02. The zero-order valence-electron chi connectivity index (χ0n) is 22.8. The topological polar surface area (TPSA) is 196 Å². The van der Waals surface area contributed by atoms with Crippen molar-refractivity contribution in [3.05, 3.63) is 48.4 Å². The van der Waals surface area contributed by atoms with Crippen LogP contribution in [0.2, 0.25) is 0 Å². The highest BCUT2D eigenvalue weighted by atomic mass is 31.2. The van der Waals surface area contributed by atoms with Gasteiger partial charge in [-0.15, -0.1) is 0 Å². The molecule has 2 aromatic heterocycles. The minimum atomic E-state index is -4.25. The summed E-state index contributed by atoms with van der Waals surface area (Å²) in [7, 11) is -1.34. The van der Waals surface area contributed by atoms with Gasteiger partial charge in [-0.25, -0.2) is 19.5 Å². The lowest BCUT2D eigenvalue weighted by atomic mass is 10.1. The van der Waals surface area contributed by atoms with Crippen LogP contribution in [0.4, 0.5) is 5.82 Å². The van der Waals surface area contributed by atoms with E-state index in [0.717, 1.165) is 0 Å². The van der Waals surface area contributed by atoms with Gasteiger partial charge in [0.1, 0.15) is 42.1 Å². The maximum atomic E-state index is 13.9. The fourth-order valence-electron chi connectivity index (χ4n) is 4.71. The van der Waals surface area contributed by atoms with E-state index < -0.39 is 50.9 Å². The van der Waals surface area contributed by atoms with Crippen LogP contribution in [0.15, 0.2) is 48.0 Å². The normalized spacial score (nSPS) is 24.3. The minimum Gasteiger partial charge on any atom is -0.468 e. The summed E-state index contributed by atoms with van der Waals surface area (Å²) in [6, 6.07) is 7.24. The Kier molecular flexibility index (Phi) is 8.01. The first-order valence-electron chi connectivity index (χ1n) is 12.8. The van der Waals surface area contributed by atoms with Crippen molar-refractivity contribution in [2.75, 3.05) is 25.8 Å². The van der Waals surface area contributed by atoms with E-state index in [4.69, 9.17) is 24.3 Å². The summed E-state index contributed by atoms with van der Waals surface area (Å²) in [5, 5.41) is 30.9. The highest BCUT2D eigenvalue weighted by molar-refractivity contribution is 7.52. The molecule has 0 radical (unpaired) electrons. The van der Waals surface area contributed by atoms with Crippen LogP contribution in [0.5, 0.6) is 5.75 Å². The number of nitrogens with one attached hydrogen (secondary N) is 1. The van der Waals surface area contributed by atoms with E-state index in [2.05, 4.69) is 20.2 Å². The average molecular weight is 590 g/mol. The zero-order valence-corrected chi connectivity index (χ0v) is 23.7. The summed E-state index contributed by atoms with van der Waals surface area (Å²) in [6.07, 6.45) is -2.13. The first kappa shape index (κ1) is 28.9. The van der Waals surface area contributed by atoms with Crippen LogP contribution >= 0.6 is 7.75 Å². The number of aromatic nitrogens is 3. The second-order valence-corrected chi connectivity index (χ2v) is 11.7. The molecule has 15 nitrogen and oxygen atoms in total. The lowest BCUT2D eigenvalue weighted by Gasteiger charge is -2.27. The maximum absolute atomic E-state index is 13.9. The molecule has 41 heavy (non-hydrogen) atoms. The number of hydrogen-bond donors (Lipinski definition) is 4. The van der Waals surface area contributed by atoms with Crippen molar-refractivity contribution in [3.63, 3.8) is 0 Å². The molecule has 0 saturated carbocycles. The lowest BCUT2D eigenvalue weighted by Crippen LogP contribution is -2.42. The predicted molar refractivity (Wildman–Crippen MR) is 147 cm³/mol. The molecule has 2 aliphatic rings. The number of amidine groups is 1. The van der Waals surface area contributed by atoms with E-state index in [1.54, 1.807) is 57.4 Å². The second-order valence-electron chi connectivity index (χ2n) is 9.97. The highest BCUT2D eigenvalue weighted by Crippen LogP contribution is 2.47.